The molecule has 1 saturated heterocycles. The highest BCUT2D eigenvalue weighted by Gasteiger charge is 2.15. The minimum absolute atomic E-state index is 0.776. The van der Waals surface area contributed by atoms with Crippen LogP contribution in [0.4, 0.5) is 0 Å². The Kier molecular flexibility index (Phi) is 7.89. The molecular formula is C22H33N5S. The van der Waals surface area contributed by atoms with E-state index in [1.807, 2.05) is 7.05 Å². The molecular weight excluding hydrogens is 366 g/mol. The lowest BCUT2D eigenvalue weighted by molar-refractivity contribution is 0.132. The fraction of sp³-hybridized carbons (Fsp3) is 0.500. The number of rotatable bonds is 7. The Hall–Kier alpha value is -1.89. The van der Waals surface area contributed by atoms with E-state index in [0.29, 0.717) is 0 Å². The summed E-state index contributed by atoms with van der Waals surface area (Å²) in [6.45, 7) is 12.9. The molecule has 0 atom stereocenters. The van der Waals surface area contributed by atoms with E-state index >= 15 is 0 Å². The quantitative estimate of drug-likeness (QED) is 0.555. The second-order valence-corrected chi connectivity index (χ2v) is 8.33. The molecule has 152 valence electrons. The molecule has 1 aromatic carbocycles. The first-order valence-corrected chi connectivity index (χ1v) is 11.1. The van der Waals surface area contributed by atoms with Crippen molar-refractivity contribution < 1.29 is 0 Å². The Labute approximate surface area is 173 Å². The van der Waals surface area contributed by atoms with Crippen molar-refractivity contribution in [2.75, 3.05) is 39.8 Å². The average molecular weight is 400 g/mol. The number of piperazine rings is 1. The van der Waals surface area contributed by atoms with E-state index < -0.39 is 0 Å². The molecule has 1 aliphatic rings. The normalized spacial score (nSPS) is 16.3. The topological polar surface area (TPSA) is 42.9 Å². The monoisotopic (exact) mass is 399 g/mol. The molecule has 0 spiro atoms. The van der Waals surface area contributed by atoms with Gasteiger partial charge >= 0.3 is 0 Å². The number of guanidine groups is 1. The number of nitrogens with zero attached hydrogens (tertiary/aromatic N) is 3. The summed E-state index contributed by atoms with van der Waals surface area (Å²) in [6.07, 6.45) is 0. The van der Waals surface area contributed by atoms with Gasteiger partial charge in [0.25, 0.3) is 0 Å². The Bertz CT molecular complexity index is 745. The maximum atomic E-state index is 4.33. The number of hydrogen-bond donors (Lipinski definition) is 2. The molecule has 0 amide bonds. The fourth-order valence-electron chi connectivity index (χ4n) is 3.44. The van der Waals surface area contributed by atoms with Crippen LogP contribution in [0, 0.1) is 6.92 Å². The van der Waals surface area contributed by atoms with Gasteiger partial charge in [-0.15, -0.1) is 11.3 Å². The molecule has 0 saturated carbocycles. The van der Waals surface area contributed by atoms with Crippen molar-refractivity contribution in [1.29, 1.82) is 0 Å². The zero-order chi connectivity index (χ0) is 19.8. The van der Waals surface area contributed by atoms with Crippen molar-refractivity contribution in [1.82, 2.24) is 20.4 Å². The van der Waals surface area contributed by atoms with Crippen molar-refractivity contribution >= 4 is 17.3 Å². The van der Waals surface area contributed by atoms with Gasteiger partial charge in [0.15, 0.2) is 5.96 Å². The van der Waals surface area contributed by atoms with Gasteiger partial charge < -0.3 is 15.5 Å². The lowest BCUT2D eigenvalue weighted by Gasteiger charge is -2.34. The molecule has 2 N–H and O–H groups in total. The molecule has 2 heterocycles. The van der Waals surface area contributed by atoms with Crippen LogP contribution in [-0.2, 0) is 19.6 Å². The van der Waals surface area contributed by atoms with Crippen molar-refractivity contribution in [3.63, 3.8) is 0 Å². The SMILES string of the molecule is CCN1CCN(Cc2ccc(CNC(=NC)NCc3sccc3C)cc2)CC1. The van der Waals surface area contributed by atoms with E-state index in [9.17, 15) is 0 Å². The maximum Gasteiger partial charge on any atom is 0.191 e. The molecule has 1 aliphatic heterocycles. The Balaban J connectivity index is 1.42. The third kappa shape index (κ3) is 6.06. The third-order valence-electron chi connectivity index (χ3n) is 5.41. The molecule has 0 aliphatic carbocycles. The minimum Gasteiger partial charge on any atom is -0.352 e. The Morgan fingerprint density at radius 2 is 1.61 bits per heavy atom. The summed E-state index contributed by atoms with van der Waals surface area (Å²) in [5.41, 5.74) is 4.00. The van der Waals surface area contributed by atoms with Crippen LogP contribution in [0.2, 0.25) is 0 Å². The molecule has 0 unspecified atom stereocenters. The van der Waals surface area contributed by atoms with Crippen LogP contribution in [0.3, 0.4) is 0 Å². The predicted molar refractivity (Wildman–Crippen MR) is 120 cm³/mol. The van der Waals surface area contributed by atoms with Crippen molar-refractivity contribution in [2.24, 2.45) is 4.99 Å². The summed E-state index contributed by atoms with van der Waals surface area (Å²) in [7, 11) is 1.82. The molecule has 1 fully saturated rings. The number of thiophene rings is 1. The molecule has 0 radical (unpaired) electrons. The summed E-state index contributed by atoms with van der Waals surface area (Å²) < 4.78 is 0. The second-order valence-electron chi connectivity index (χ2n) is 7.33. The second kappa shape index (κ2) is 10.6. The van der Waals surface area contributed by atoms with Gasteiger partial charge in [0.2, 0.25) is 0 Å². The fourth-order valence-corrected chi connectivity index (χ4v) is 4.29. The zero-order valence-corrected chi connectivity index (χ0v) is 18.2. The molecule has 28 heavy (non-hydrogen) atoms. The standard InChI is InChI=1S/C22H33N5S/c1-4-26-10-12-27(13-11-26)17-20-7-5-19(6-8-20)15-24-22(23-3)25-16-21-18(2)9-14-28-21/h5-9,14H,4,10-13,15-17H2,1-3H3,(H2,23,24,25). The van der Waals surface area contributed by atoms with Gasteiger partial charge in [-0.05, 0) is 41.6 Å². The largest absolute Gasteiger partial charge is 0.352 e. The predicted octanol–water partition coefficient (Wildman–Crippen LogP) is 3.06. The Morgan fingerprint density at radius 1 is 0.964 bits per heavy atom. The summed E-state index contributed by atoms with van der Waals surface area (Å²) in [5.74, 6) is 0.839. The summed E-state index contributed by atoms with van der Waals surface area (Å²) >= 11 is 1.78. The van der Waals surface area contributed by atoms with E-state index in [-0.39, 0.29) is 0 Å². The van der Waals surface area contributed by atoms with Crippen LogP contribution < -0.4 is 10.6 Å². The van der Waals surface area contributed by atoms with Gasteiger partial charge in [0.1, 0.15) is 0 Å². The van der Waals surface area contributed by atoms with Gasteiger partial charge in [0, 0.05) is 51.2 Å². The number of aliphatic imine (C=N–C) groups is 1. The molecule has 2 aromatic rings. The number of hydrogen-bond acceptors (Lipinski definition) is 4. The maximum absolute atomic E-state index is 4.33. The van der Waals surface area contributed by atoms with E-state index in [1.165, 1.54) is 54.3 Å². The highest BCUT2D eigenvalue weighted by molar-refractivity contribution is 7.10. The number of aryl methyl sites for hydroxylation is 1. The average Bonchev–Trinajstić information content (AvgIpc) is 3.14. The first-order chi connectivity index (χ1) is 13.7. The lowest BCUT2D eigenvalue weighted by atomic mass is 10.1. The summed E-state index contributed by atoms with van der Waals surface area (Å²) in [6, 6.07) is 11.1. The van der Waals surface area contributed by atoms with Crippen LogP contribution in [0.1, 0.15) is 28.5 Å². The number of likely N-dealkylation sites (N-methyl/N-ethyl adjacent to an activating group) is 1. The first kappa shape index (κ1) is 20.8. The van der Waals surface area contributed by atoms with Crippen LogP contribution in [-0.4, -0.2) is 55.5 Å². The first-order valence-electron chi connectivity index (χ1n) is 10.2. The molecule has 1 aromatic heterocycles. The van der Waals surface area contributed by atoms with Crippen molar-refractivity contribution in [2.45, 2.75) is 33.5 Å². The van der Waals surface area contributed by atoms with Gasteiger partial charge in [0.05, 0.1) is 6.54 Å². The molecule has 5 nitrogen and oxygen atoms in total. The lowest BCUT2D eigenvalue weighted by Crippen LogP contribution is -2.45. The van der Waals surface area contributed by atoms with Crippen LogP contribution in [0.5, 0.6) is 0 Å². The summed E-state index contributed by atoms with van der Waals surface area (Å²) in [5, 5.41) is 8.94. The van der Waals surface area contributed by atoms with Gasteiger partial charge in [-0.3, -0.25) is 9.89 Å². The van der Waals surface area contributed by atoms with Gasteiger partial charge in [-0.2, -0.15) is 0 Å². The Morgan fingerprint density at radius 3 is 2.21 bits per heavy atom. The smallest absolute Gasteiger partial charge is 0.191 e. The van der Waals surface area contributed by atoms with Gasteiger partial charge in [-0.1, -0.05) is 31.2 Å². The minimum atomic E-state index is 0.776. The molecule has 3 rings (SSSR count). The third-order valence-corrected chi connectivity index (χ3v) is 6.43. The van der Waals surface area contributed by atoms with Crippen LogP contribution in [0.25, 0.3) is 0 Å². The van der Waals surface area contributed by atoms with Crippen molar-refractivity contribution in [3.05, 3.63) is 57.3 Å². The van der Waals surface area contributed by atoms with Crippen LogP contribution in [0.15, 0.2) is 40.7 Å². The van der Waals surface area contributed by atoms with Gasteiger partial charge in [-0.25, -0.2) is 0 Å². The van der Waals surface area contributed by atoms with E-state index in [1.54, 1.807) is 11.3 Å². The van der Waals surface area contributed by atoms with Crippen LogP contribution >= 0.6 is 11.3 Å². The van der Waals surface area contributed by atoms with E-state index in [0.717, 1.165) is 25.6 Å². The molecule has 0 bridgehead atoms. The van der Waals surface area contributed by atoms with Crippen molar-refractivity contribution in [3.8, 4) is 0 Å². The number of nitrogens with one attached hydrogen (secondary N) is 2. The zero-order valence-electron chi connectivity index (χ0n) is 17.4. The number of benzene rings is 1. The highest BCUT2D eigenvalue weighted by Crippen LogP contribution is 2.14. The van der Waals surface area contributed by atoms with E-state index in [4.69, 9.17) is 0 Å². The van der Waals surface area contributed by atoms with E-state index in [2.05, 4.69) is 75.0 Å². The summed E-state index contributed by atoms with van der Waals surface area (Å²) in [4.78, 5) is 10.8. The molecule has 6 heteroatoms. The highest BCUT2D eigenvalue weighted by atomic mass is 32.1.